The minimum atomic E-state index is -0.683. The molecule has 1 fully saturated rings. The van der Waals surface area contributed by atoms with Crippen LogP contribution >= 0.6 is 0 Å². The normalized spacial score (nSPS) is 37.5. The summed E-state index contributed by atoms with van der Waals surface area (Å²) in [4.78, 5) is 10.4. The molecule has 0 aromatic carbocycles. The van der Waals surface area contributed by atoms with Crippen LogP contribution in [-0.2, 0) is 4.79 Å². The molecule has 0 aromatic heterocycles. The van der Waals surface area contributed by atoms with Crippen LogP contribution in [0.1, 0.15) is 6.92 Å². The maximum absolute atomic E-state index is 10.4. The summed E-state index contributed by atoms with van der Waals surface area (Å²) in [5.74, 6) is -0.730. The molecular weight excluding hydrogens is 106 g/mol. The van der Waals surface area contributed by atoms with Gasteiger partial charge in [0.2, 0.25) is 5.91 Å². The topological polar surface area (TPSA) is 67.1 Å². The molecule has 4 nitrogen and oxygen atoms in total. The number of nitrogens with two attached hydrogens (primary N) is 1. The maximum Gasteiger partial charge on any atom is 0.236 e. The predicted molar refractivity (Wildman–Crippen MR) is 28.7 cm³/mol. The fourth-order valence-electron chi connectivity index (χ4n) is 0.642. The van der Waals surface area contributed by atoms with Gasteiger partial charge in [0, 0.05) is 0 Å². The lowest BCUT2D eigenvalue weighted by molar-refractivity contribution is -0.118. The molecule has 1 amide bonds. The summed E-state index contributed by atoms with van der Waals surface area (Å²) in [7, 11) is 0. The lowest BCUT2D eigenvalue weighted by Gasteiger charge is -2.16. The highest BCUT2D eigenvalue weighted by molar-refractivity contribution is 5.80. The summed E-state index contributed by atoms with van der Waals surface area (Å²) in [5, 5.41) is 5.28. The van der Waals surface area contributed by atoms with Gasteiger partial charge in [0.1, 0.15) is 5.79 Å². The molecule has 1 aliphatic heterocycles. The van der Waals surface area contributed by atoms with Crippen molar-refractivity contribution in [3.05, 3.63) is 0 Å². The smallest absolute Gasteiger partial charge is 0.236 e. The predicted octanol–water partition coefficient (Wildman–Crippen LogP) is -1.66. The third kappa shape index (κ3) is 0.962. The SMILES string of the molecule is CC1(N)NCC(=O)N1. The second-order valence-corrected chi connectivity index (χ2v) is 2.10. The Kier molecular flexibility index (Phi) is 0.988. The standard InChI is InChI=1S/C4H9N3O/c1-4(5)6-2-3(8)7-4/h6H,2,5H2,1H3,(H,7,8). The molecule has 46 valence electrons. The van der Waals surface area contributed by atoms with Gasteiger partial charge in [0.15, 0.2) is 0 Å². The third-order valence-corrected chi connectivity index (χ3v) is 1.02. The second-order valence-electron chi connectivity index (χ2n) is 2.10. The fraction of sp³-hybridized carbons (Fsp3) is 0.750. The van der Waals surface area contributed by atoms with E-state index in [1.807, 2.05) is 0 Å². The fourth-order valence-corrected chi connectivity index (χ4v) is 0.642. The molecule has 1 unspecified atom stereocenters. The molecule has 0 aliphatic carbocycles. The molecule has 1 heterocycles. The minimum Gasteiger partial charge on any atom is -0.325 e. The average Bonchev–Trinajstić information content (AvgIpc) is 1.82. The van der Waals surface area contributed by atoms with Gasteiger partial charge < -0.3 is 5.32 Å². The number of hydrogen-bond donors (Lipinski definition) is 3. The number of carbonyl (C=O) groups is 1. The number of amides is 1. The summed E-state index contributed by atoms with van der Waals surface area (Å²) in [6.07, 6.45) is 0. The highest BCUT2D eigenvalue weighted by Crippen LogP contribution is 1.92. The van der Waals surface area contributed by atoms with Gasteiger partial charge in [0.05, 0.1) is 6.54 Å². The van der Waals surface area contributed by atoms with E-state index in [1.165, 1.54) is 0 Å². The Hall–Kier alpha value is -0.610. The van der Waals surface area contributed by atoms with E-state index in [0.29, 0.717) is 6.54 Å². The van der Waals surface area contributed by atoms with Gasteiger partial charge in [-0.25, -0.2) is 0 Å². The van der Waals surface area contributed by atoms with E-state index in [4.69, 9.17) is 5.73 Å². The third-order valence-electron chi connectivity index (χ3n) is 1.02. The zero-order chi connectivity index (χ0) is 6.20. The first-order valence-electron chi connectivity index (χ1n) is 2.45. The van der Waals surface area contributed by atoms with E-state index in [-0.39, 0.29) is 5.91 Å². The van der Waals surface area contributed by atoms with Crippen LogP contribution in [0.4, 0.5) is 0 Å². The van der Waals surface area contributed by atoms with Gasteiger partial charge in [-0.1, -0.05) is 0 Å². The molecule has 0 bridgehead atoms. The first kappa shape index (κ1) is 5.53. The van der Waals surface area contributed by atoms with Crippen LogP contribution in [0.5, 0.6) is 0 Å². The van der Waals surface area contributed by atoms with Crippen molar-refractivity contribution in [1.82, 2.24) is 10.6 Å². The zero-order valence-corrected chi connectivity index (χ0v) is 4.69. The lowest BCUT2D eigenvalue weighted by Crippen LogP contribution is -2.54. The van der Waals surface area contributed by atoms with Crippen molar-refractivity contribution in [2.45, 2.75) is 12.7 Å². The van der Waals surface area contributed by atoms with Gasteiger partial charge in [0.25, 0.3) is 0 Å². The van der Waals surface area contributed by atoms with Gasteiger partial charge in [-0.2, -0.15) is 0 Å². The van der Waals surface area contributed by atoms with Crippen molar-refractivity contribution in [2.24, 2.45) is 5.73 Å². The van der Waals surface area contributed by atoms with E-state index in [9.17, 15) is 4.79 Å². The summed E-state index contributed by atoms with van der Waals surface area (Å²) in [6, 6.07) is 0. The Morgan fingerprint density at radius 3 is 2.62 bits per heavy atom. The summed E-state index contributed by atoms with van der Waals surface area (Å²) in [5.41, 5.74) is 5.43. The van der Waals surface area contributed by atoms with Crippen LogP contribution in [0, 0.1) is 0 Å². The van der Waals surface area contributed by atoms with Crippen molar-refractivity contribution >= 4 is 5.91 Å². The van der Waals surface area contributed by atoms with E-state index in [1.54, 1.807) is 6.92 Å². The summed E-state index contributed by atoms with van der Waals surface area (Å²) >= 11 is 0. The average molecular weight is 115 g/mol. The van der Waals surface area contributed by atoms with Gasteiger partial charge in [-0.15, -0.1) is 0 Å². The van der Waals surface area contributed by atoms with Gasteiger partial charge in [-0.3, -0.25) is 15.8 Å². The number of hydrogen-bond acceptors (Lipinski definition) is 3. The van der Waals surface area contributed by atoms with Gasteiger partial charge in [-0.05, 0) is 6.92 Å². The molecule has 0 saturated carbocycles. The minimum absolute atomic E-state index is 0.0463. The van der Waals surface area contributed by atoms with E-state index < -0.39 is 5.79 Å². The Morgan fingerprint density at radius 1 is 1.88 bits per heavy atom. The number of rotatable bonds is 0. The molecule has 0 radical (unpaired) electrons. The Bertz CT molecular complexity index is 120. The van der Waals surface area contributed by atoms with Crippen molar-refractivity contribution < 1.29 is 4.79 Å². The maximum atomic E-state index is 10.4. The lowest BCUT2D eigenvalue weighted by atomic mass is 10.5. The monoisotopic (exact) mass is 115 g/mol. The summed E-state index contributed by atoms with van der Waals surface area (Å²) in [6.45, 7) is 2.03. The van der Waals surface area contributed by atoms with Crippen molar-refractivity contribution in [2.75, 3.05) is 6.54 Å². The van der Waals surface area contributed by atoms with Crippen LogP contribution in [0.25, 0.3) is 0 Å². The quantitative estimate of drug-likeness (QED) is 0.354. The van der Waals surface area contributed by atoms with Crippen LogP contribution in [-0.4, -0.2) is 18.2 Å². The molecule has 4 N–H and O–H groups in total. The Labute approximate surface area is 47.4 Å². The molecule has 1 saturated heterocycles. The number of carbonyl (C=O) groups excluding carboxylic acids is 1. The highest BCUT2D eigenvalue weighted by atomic mass is 16.2. The van der Waals surface area contributed by atoms with Crippen LogP contribution in [0.15, 0.2) is 0 Å². The highest BCUT2D eigenvalue weighted by Gasteiger charge is 2.26. The Morgan fingerprint density at radius 2 is 2.50 bits per heavy atom. The van der Waals surface area contributed by atoms with Crippen molar-refractivity contribution in [3.63, 3.8) is 0 Å². The zero-order valence-electron chi connectivity index (χ0n) is 4.69. The van der Waals surface area contributed by atoms with E-state index >= 15 is 0 Å². The first-order chi connectivity index (χ1) is 3.60. The van der Waals surface area contributed by atoms with E-state index in [0.717, 1.165) is 0 Å². The molecular formula is C4H9N3O. The molecule has 8 heavy (non-hydrogen) atoms. The van der Waals surface area contributed by atoms with Crippen molar-refractivity contribution in [1.29, 1.82) is 0 Å². The molecule has 0 aromatic rings. The van der Waals surface area contributed by atoms with Crippen LogP contribution < -0.4 is 16.4 Å². The Balaban J connectivity index is 2.56. The van der Waals surface area contributed by atoms with Crippen molar-refractivity contribution in [3.8, 4) is 0 Å². The molecule has 4 heteroatoms. The molecule has 1 aliphatic rings. The summed E-state index contributed by atoms with van der Waals surface area (Å²) < 4.78 is 0. The molecule has 1 rings (SSSR count). The first-order valence-corrected chi connectivity index (χ1v) is 2.45. The second kappa shape index (κ2) is 1.43. The van der Waals surface area contributed by atoms with E-state index in [2.05, 4.69) is 10.6 Å². The van der Waals surface area contributed by atoms with Crippen LogP contribution in [0.3, 0.4) is 0 Å². The largest absolute Gasteiger partial charge is 0.325 e. The van der Waals surface area contributed by atoms with Crippen LogP contribution in [0.2, 0.25) is 0 Å². The molecule has 1 atom stereocenters. The van der Waals surface area contributed by atoms with Gasteiger partial charge >= 0.3 is 0 Å². The number of nitrogens with one attached hydrogen (secondary N) is 2. The molecule has 0 spiro atoms.